The highest BCUT2D eigenvalue weighted by Crippen LogP contribution is 2.25. The highest BCUT2D eigenvalue weighted by molar-refractivity contribution is 5.89. The van der Waals surface area contributed by atoms with Crippen molar-refractivity contribution in [3.63, 3.8) is 0 Å². The molecule has 2 aromatic carbocycles. The number of amides is 1. The number of hydrogen-bond donors (Lipinski definition) is 1. The van der Waals surface area contributed by atoms with Crippen LogP contribution in [0, 0.1) is 0 Å². The van der Waals surface area contributed by atoms with Crippen LogP contribution in [0.1, 0.15) is 36.5 Å². The summed E-state index contributed by atoms with van der Waals surface area (Å²) in [5.41, 5.74) is 4.42. The van der Waals surface area contributed by atoms with Gasteiger partial charge in [0.1, 0.15) is 5.75 Å². The van der Waals surface area contributed by atoms with Crippen molar-refractivity contribution in [2.75, 3.05) is 7.11 Å². The summed E-state index contributed by atoms with van der Waals surface area (Å²) in [6.45, 7) is 2.04. The number of nitrogens with zero attached hydrogens (tertiary/aromatic N) is 1. The molecule has 0 aliphatic carbocycles. The van der Waals surface area contributed by atoms with E-state index in [0.717, 1.165) is 41.7 Å². The van der Waals surface area contributed by atoms with Gasteiger partial charge in [-0.2, -0.15) is 0 Å². The van der Waals surface area contributed by atoms with E-state index in [4.69, 9.17) is 4.74 Å². The fourth-order valence-electron chi connectivity index (χ4n) is 3.50. The zero-order valence-electron chi connectivity index (χ0n) is 18.7. The minimum atomic E-state index is -0.0859. The predicted molar refractivity (Wildman–Crippen MR) is 130 cm³/mol. The minimum Gasteiger partial charge on any atom is -0.497 e. The molecule has 1 heterocycles. The maximum absolute atomic E-state index is 12.4. The molecule has 0 aliphatic heterocycles. The lowest BCUT2D eigenvalue weighted by atomic mass is 9.97. The first-order valence-corrected chi connectivity index (χ1v) is 10.9. The Balaban J connectivity index is 1.59. The smallest absolute Gasteiger partial charge is 0.244 e. The maximum Gasteiger partial charge on any atom is 0.244 e. The maximum atomic E-state index is 12.4. The van der Waals surface area contributed by atoms with Gasteiger partial charge in [0.15, 0.2) is 0 Å². The van der Waals surface area contributed by atoms with Crippen LogP contribution in [0.5, 0.6) is 5.75 Å². The quantitative estimate of drug-likeness (QED) is 0.339. The van der Waals surface area contributed by atoms with Gasteiger partial charge in [0.25, 0.3) is 0 Å². The second kappa shape index (κ2) is 12.3. The number of carbonyl (C=O) groups excluding carboxylic acids is 1. The lowest BCUT2D eigenvalue weighted by Gasteiger charge is -2.12. The molecule has 1 N–H and O–H groups in total. The van der Waals surface area contributed by atoms with Crippen molar-refractivity contribution in [2.45, 2.75) is 32.2 Å². The first kappa shape index (κ1) is 23.0. The van der Waals surface area contributed by atoms with Gasteiger partial charge in [-0.25, -0.2) is 0 Å². The van der Waals surface area contributed by atoms with Gasteiger partial charge in [-0.1, -0.05) is 60.7 Å². The molecule has 0 bridgehead atoms. The summed E-state index contributed by atoms with van der Waals surface area (Å²) < 4.78 is 5.27. The number of pyridine rings is 1. The number of aryl methyl sites for hydroxylation is 1. The lowest BCUT2D eigenvalue weighted by Crippen LogP contribution is -2.31. The zero-order chi connectivity index (χ0) is 22.6. The van der Waals surface area contributed by atoms with Gasteiger partial charge >= 0.3 is 0 Å². The molecular weight excluding hydrogens is 396 g/mol. The van der Waals surface area contributed by atoms with E-state index < -0.39 is 0 Å². The number of nitrogens with one attached hydrogen (secondary N) is 1. The van der Waals surface area contributed by atoms with Crippen LogP contribution in [-0.4, -0.2) is 24.0 Å². The van der Waals surface area contributed by atoms with Crippen LogP contribution in [0.15, 0.2) is 97.4 Å². The van der Waals surface area contributed by atoms with Crippen LogP contribution >= 0.6 is 0 Å². The molecule has 1 amide bonds. The van der Waals surface area contributed by atoms with Crippen molar-refractivity contribution in [3.8, 4) is 5.75 Å². The Labute approximate surface area is 190 Å². The third-order valence-corrected chi connectivity index (χ3v) is 5.21. The number of ether oxygens (including phenoxy) is 1. The Morgan fingerprint density at radius 1 is 1.03 bits per heavy atom. The van der Waals surface area contributed by atoms with E-state index in [0.29, 0.717) is 0 Å². The van der Waals surface area contributed by atoms with Crippen LogP contribution < -0.4 is 10.1 Å². The van der Waals surface area contributed by atoms with Crippen LogP contribution in [0.3, 0.4) is 0 Å². The van der Waals surface area contributed by atoms with E-state index in [9.17, 15) is 4.79 Å². The van der Waals surface area contributed by atoms with Gasteiger partial charge in [0.2, 0.25) is 5.91 Å². The summed E-state index contributed by atoms with van der Waals surface area (Å²) in [4.78, 5) is 16.5. The molecule has 4 heteroatoms. The van der Waals surface area contributed by atoms with Crippen molar-refractivity contribution in [1.82, 2.24) is 10.3 Å². The van der Waals surface area contributed by atoms with Gasteiger partial charge in [-0.15, -0.1) is 0 Å². The molecule has 0 unspecified atom stereocenters. The first-order valence-electron chi connectivity index (χ1n) is 10.9. The second-order valence-corrected chi connectivity index (χ2v) is 7.70. The van der Waals surface area contributed by atoms with Gasteiger partial charge in [-0.3, -0.25) is 9.78 Å². The Morgan fingerprint density at radius 2 is 1.78 bits per heavy atom. The Morgan fingerprint density at radius 3 is 2.47 bits per heavy atom. The number of methoxy groups -OCH3 is 1. The number of allylic oxidation sites excluding steroid dienone is 2. The third kappa shape index (κ3) is 7.24. The van der Waals surface area contributed by atoms with Gasteiger partial charge in [0, 0.05) is 24.5 Å². The summed E-state index contributed by atoms with van der Waals surface area (Å²) in [7, 11) is 1.66. The van der Waals surface area contributed by atoms with Crippen LogP contribution in [-0.2, 0) is 11.2 Å². The molecule has 0 fully saturated rings. The Kier molecular flexibility index (Phi) is 8.81. The van der Waals surface area contributed by atoms with Crippen molar-refractivity contribution in [2.24, 2.45) is 0 Å². The molecule has 3 aromatic rings. The fraction of sp³-hybridized carbons (Fsp3) is 0.214. The average Bonchev–Trinajstić information content (AvgIpc) is 2.83. The summed E-state index contributed by atoms with van der Waals surface area (Å²) in [5.74, 6) is 0.728. The third-order valence-electron chi connectivity index (χ3n) is 5.21. The highest BCUT2D eigenvalue weighted by Gasteiger charge is 2.06. The number of aromatic nitrogens is 1. The predicted octanol–water partition coefficient (Wildman–Crippen LogP) is 5.61. The molecule has 32 heavy (non-hydrogen) atoms. The van der Waals surface area contributed by atoms with Gasteiger partial charge < -0.3 is 10.1 Å². The molecule has 0 aliphatic rings. The van der Waals surface area contributed by atoms with E-state index in [-0.39, 0.29) is 11.9 Å². The monoisotopic (exact) mass is 426 g/mol. The average molecular weight is 427 g/mol. The highest BCUT2D eigenvalue weighted by atomic mass is 16.5. The molecule has 1 atom stereocenters. The number of rotatable bonds is 10. The van der Waals surface area contributed by atoms with Crippen molar-refractivity contribution in [3.05, 3.63) is 114 Å². The molecule has 1 aromatic heterocycles. The van der Waals surface area contributed by atoms with Crippen molar-refractivity contribution >= 4 is 11.5 Å². The van der Waals surface area contributed by atoms with Crippen molar-refractivity contribution < 1.29 is 9.53 Å². The molecule has 0 saturated carbocycles. The summed E-state index contributed by atoms with van der Waals surface area (Å²) >= 11 is 0. The van der Waals surface area contributed by atoms with Crippen LogP contribution in [0.25, 0.3) is 5.57 Å². The molecule has 3 rings (SSSR count). The molecule has 164 valence electrons. The fourth-order valence-corrected chi connectivity index (χ4v) is 3.50. The lowest BCUT2D eigenvalue weighted by molar-refractivity contribution is -0.117. The molecule has 0 radical (unpaired) electrons. The molecule has 4 nitrogen and oxygen atoms in total. The summed E-state index contributed by atoms with van der Waals surface area (Å²) in [6.07, 6.45) is 11.9. The Bertz CT molecular complexity index is 1030. The van der Waals surface area contributed by atoms with Crippen LogP contribution in [0.4, 0.5) is 0 Å². The van der Waals surface area contributed by atoms with E-state index in [1.807, 2.05) is 73.8 Å². The topological polar surface area (TPSA) is 51.2 Å². The number of hydrogen-bond acceptors (Lipinski definition) is 3. The first-order chi connectivity index (χ1) is 15.7. The van der Waals surface area contributed by atoms with Crippen molar-refractivity contribution in [1.29, 1.82) is 0 Å². The van der Waals surface area contributed by atoms with E-state index in [2.05, 4.69) is 28.5 Å². The van der Waals surface area contributed by atoms with Gasteiger partial charge in [0.05, 0.1) is 7.11 Å². The standard InChI is InChI=1S/C28H30N2O2/c1-22(9-6-10-23-11-8-20-29-21-23)30-28(31)15-7-14-27(24-12-4-3-5-13-24)25-16-18-26(32-2)19-17-25/h3-5,7-8,11-22H,6,9-10H2,1-2H3,(H,30,31)/b15-7+,27-14+/t22-/m1/s1. The van der Waals surface area contributed by atoms with E-state index in [1.165, 1.54) is 5.56 Å². The number of benzene rings is 2. The SMILES string of the molecule is COc1ccc(/C(=C/C=C/C(=O)N[C@H](C)CCCc2cccnc2)c2ccccc2)cc1. The molecule has 0 saturated heterocycles. The van der Waals surface area contributed by atoms with E-state index >= 15 is 0 Å². The largest absolute Gasteiger partial charge is 0.497 e. The van der Waals surface area contributed by atoms with Gasteiger partial charge in [-0.05, 0) is 66.6 Å². The summed E-state index contributed by atoms with van der Waals surface area (Å²) in [5, 5.41) is 3.05. The summed E-state index contributed by atoms with van der Waals surface area (Å²) in [6, 6.07) is 22.2. The Hall–Kier alpha value is -3.66. The second-order valence-electron chi connectivity index (χ2n) is 7.70. The molecule has 0 spiro atoms. The zero-order valence-corrected chi connectivity index (χ0v) is 18.7. The normalized spacial score (nSPS) is 12.5. The van der Waals surface area contributed by atoms with E-state index in [1.54, 1.807) is 19.4 Å². The molecular formula is C28H30N2O2. The number of carbonyl (C=O) groups is 1. The van der Waals surface area contributed by atoms with Crippen LogP contribution in [0.2, 0.25) is 0 Å². The minimum absolute atomic E-state index is 0.0859.